The van der Waals surface area contributed by atoms with E-state index in [1.807, 2.05) is 38.1 Å². The average molecular weight is 495 g/mol. The van der Waals surface area contributed by atoms with Crippen molar-refractivity contribution in [3.63, 3.8) is 0 Å². The molecule has 0 bridgehead atoms. The lowest BCUT2D eigenvalue weighted by Gasteiger charge is -2.10. The lowest BCUT2D eigenvalue weighted by Crippen LogP contribution is -2.22. The van der Waals surface area contributed by atoms with Gasteiger partial charge in [-0.15, -0.1) is 37.1 Å². The van der Waals surface area contributed by atoms with E-state index < -0.39 is 6.36 Å². The molecule has 0 saturated heterocycles. The minimum Gasteiger partial charge on any atom is -0.491 e. The number of halogens is 4. The molecule has 0 aromatic heterocycles. The minimum absolute atomic E-state index is 0. The molecule has 2 aromatic carbocycles. The van der Waals surface area contributed by atoms with Gasteiger partial charge in [-0.05, 0) is 55.8 Å². The molecule has 0 aliphatic rings. The Balaban J connectivity index is 0.00000364. The number of nitrogens with zero attached hydrogens (tertiary/aromatic N) is 1. The van der Waals surface area contributed by atoms with Crippen LogP contribution >= 0.6 is 24.0 Å². The molecule has 0 atom stereocenters. The number of alkyl halides is 3. The summed E-state index contributed by atoms with van der Waals surface area (Å²) in [6, 6.07) is 12.7. The lowest BCUT2D eigenvalue weighted by atomic mass is 10.2. The van der Waals surface area contributed by atoms with Crippen LogP contribution in [0.3, 0.4) is 0 Å². The van der Waals surface area contributed by atoms with Crippen LogP contribution in [0.4, 0.5) is 18.9 Å². The predicted molar refractivity (Wildman–Crippen MR) is 110 cm³/mol. The van der Waals surface area contributed by atoms with Crippen molar-refractivity contribution in [2.24, 2.45) is 10.7 Å². The first-order valence-electron chi connectivity index (χ1n) is 7.89. The quantitative estimate of drug-likeness (QED) is 0.339. The first kappa shape index (κ1) is 22.9. The fourth-order valence-corrected chi connectivity index (χ4v) is 2.05. The number of hydrogen-bond donors (Lipinski definition) is 2. The molecule has 0 fully saturated rings. The van der Waals surface area contributed by atoms with Crippen LogP contribution < -0.4 is 20.5 Å². The molecule has 0 amide bonds. The van der Waals surface area contributed by atoms with Gasteiger partial charge in [-0.2, -0.15) is 0 Å². The van der Waals surface area contributed by atoms with E-state index in [1.165, 1.54) is 24.3 Å². The Morgan fingerprint density at radius 3 is 2.11 bits per heavy atom. The van der Waals surface area contributed by atoms with Gasteiger partial charge < -0.3 is 20.5 Å². The Kier molecular flexibility index (Phi) is 8.67. The number of nitrogens with two attached hydrogens (primary N) is 1. The summed E-state index contributed by atoms with van der Waals surface area (Å²) in [6.07, 6.45) is -4.61. The van der Waals surface area contributed by atoms with E-state index >= 15 is 0 Å². The van der Waals surface area contributed by atoms with Gasteiger partial charge in [-0.25, -0.2) is 4.99 Å². The van der Waals surface area contributed by atoms with Gasteiger partial charge in [-0.1, -0.05) is 12.1 Å². The van der Waals surface area contributed by atoms with Crippen molar-refractivity contribution in [2.45, 2.75) is 32.9 Å². The molecule has 0 spiro atoms. The second-order valence-corrected chi connectivity index (χ2v) is 5.71. The van der Waals surface area contributed by atoms with Gasteiger partial charge in [0.2, 0.25) is 0 Å². The predicted octanol–water partition coefficient (Wildman–Crippen LogP) is 4.92. The van der Waals surface area contributed by atoms with E-state index in [9.17, 15) is 13.2 Å². The Morgan fingerprint density at radius 2 is 1.59 bits per heavy atom. The van der Waals surface area contributed by atoms with Crippen LogP contribution in [0, 0.1) is 0 Å². The van der Waals surface area contributed by atoms with E-state index in [2.05, 4.69) is 15.0 Å². The van der Waals surface area contributed by atoms with Crippen LogP contribution in [-0.4, -0.2) is 18.4 Å². The van der Waals surface area contributed by atoms with Gasteiger partial charge >= 0.3 is 6.36 Å². The molecule has 9 heteroatoms. The van der Waals surface area contributed by atoms with Crippen molar-refractivity contribution >= 4 is 35.6 Å². The third kappa shape index (κ3) is 8.85. The van der Waals surface area contributed by atoms with Crippen LogP contribution in [-0.2, 0) is 6.54 Å². The van der Waals surface area contributed by atoms with Crippen molar-refractivity contribution in [1.29, 1.82) is 0 Å². The number of hydrogen-bond acceptors (Lipinski definition) is 3. The van der Waals surface area contributed by atoms with Crippen LogP contribution in [0.15, 0.2) is 53.5 Å². The standard InChI is InChI=1S/C18H20F3N3O2.HI/c1-12(2)25-15-7-3-13(4-8-15)11-23-17(22)24-14-5-9-16(10-6-14)26-18(19,20)21;/h3-10,12H,11H2,1-2H3,(H3,22,23,24);1H. The summed E-state index contributed by atoms with van der Waals surface area (Å²) in [5.74, 6) is 0.624. The van der Waals surface area contributed by atoms with Crippen molar-refractivity contribution in [2.75, 3.05) is 5.32 Å². The summed E-state index contributed by atoms with van der Waals surface area (Å²) < 4.78 is 45.7. The number of rotatable bonds is 6. The number of ether oxygens (including phenoxy) is 2. The first-order chi connectivity index (χ1) is 12.2. The van der Waals surface area contributed by atoms with Gasteiger partial charge in [0.1, 0.15) is 11.5 Å². The molecule has 3 N–H and O–H groups in total. The largest absolute Gasteiger partial charge is 0.573 e. The van der Waals surface area contributed by atoms with Crippen molar-refractivity contribution in [3.8, 4) is 11.5 Å². The third-order valence-electron chi connectivity index (χ3n) is 3.09. The van der Waals surface area contributed by atoms with Gasteiger partial charge in [0.25, 0.3) is 0 Å². The van der Waals surface area contributed by atoms with Crippen molar-refractivity contribution in [3.05, 3.63) is 54.1 Å². The van der Waals surface area contributed by atoms with Crippen LogP contribution in [0.25, 0.3) is 0 Å². The smallest absolute Gasteiger partial charge is 0.491 e. The molecule has 27 heavy (non-hydrogen) atoms. The fourth-order valence-electron chi connectivity index (χ4n) is 2.05. The highest BCUT2D eigenvalue weighted by Gasteiger charge is 2.30. The van der Waals surface area contributed by atoms with Crippen LogP contribution in [0.2, 0.25) is 0 Å². The fraction of sp³-hybridized carbons (Fsp3) is 0.278. The highest BCUT2D eigenvalue weighted by molar-refractivity contribution is 14.0. The number of nitrogens with one attached hydrogen (secondary N) is 1. The third-order valence-corrected chi connectivity index (χ3v) is 3.09. The molecule has 0 radical (unpaired) electrons. The van der Waals surface area contributed by atoms with Gasteiger partial charge in [-0.3, -0.25) is 0 Å². The van der Waals surface area contributed by atoms with E-state index in [1.54, 1.807) is 0 Å². The summed E-state index contributed by atoms with van der Waals surface area (Å²) in [7, 11) is 0. The summed E-state index contributed by atoms with van der Waals surface area (Å²) in [4.78, 5) is 4.19. The molecule has 2 rings (SSSR count). The number of aliphatic imine (C=N–C) groups is 1. The zero-order chi connectivity index (χ0) is 19.2. The Morgan fingerprint density at radius 1 is 1.04 bits per heavy atom. The summed E-state index contributed by atoms with van der Waals surface area (Å²) in [6.45, 7) is 4.26. The van der Waals surface area contributed by atoms with Crippen LogP contribution in [0.5, 0.6) is 11.5 Å². The van der Waals surface area contributed by atoms with Crippen LogP contribution in [0.1, 0.15) is 19.4 Å². The van der Waals surface area contributed by atoms with E-state index in [0.29, 0.717) is 12.2 Å². The maximum atomic E-state index is 12.1. The Bertz CT molecular complexity index is 733. The van der Waals surface area contributed by atoms with Gasteiger partial charge in [0.05, 0.1) is 12.6 Å². The highest BCUT2D eigenvalue weighted by Crippen LogP contribution is 2.23. The van der Waals surface area contributed by atoms with E-state index in [0.717, 1.165) is 11.3 Å². The molecule has 0 saturated carbocycles. The average Bonchev–Trinajstić information content (AvgIpc) is 2.54. The summed E-state index contributed by atoms with van der Waals surface area (Å²) >= 11 is 0. The van der Waals surface area contributed by atoms with Gasteiger partial charge in [0.15, 0.2) is 5.96 Å². The maximum absolute atomic E-state index is 12.1. The van der Waals surface area contributed by atoms with E-state index in [4.69, 9.17) is 10.5 Å². The monoisotopic (exact) mass is 495 g/mol. The van der Waals surface area contributed by atoms with Gasteiger partial charge in [0, 0.05) is 5.69 Å². The van der Waals surface area contributed by atoms with Crippen molar-refractivity contribution < 1.29 is 22.6 Å². The topological polar surface area (TPSA) is 68.9 Å². The SMILES string of the molecule is CC(C)Oc1ccc(CN=C(N)Nc2ccc(OC(F)(F)F)cc2)cc1.I. The summed E-state index contributed by atoms with van der Waals surface area (Å²) in [5, 5.41) is 2.81. The maximum Gasteiger partial charge on any atom is 0.573 e. The molecular formula is C18H21F3IN3O2. The Hall–Kier alpha value is -2.17. The molecule has 2 aromatic rings. The normalized spacial score (nSPS) is 11.7. The molecule has 0 heterocycles. The van der Waals surface area contributed by atoms with Crippen molar-refractivity contribution in [1.82, 2.24) is 0 Å². The molecule has 5 nitrogen and oxygen atoms in total. The molecule has 0 unspecified atom stereocenters. The highest BCUT2D eigenvalue weighted by atomic mass is 127. The second-order valence-electron chi connectivity index (χ2n) is 5.71. The number of anilines is 1. The summed E-state index contributed by atoms with van der Waals surface area (Å²) in [5.41, 5.74) is 7.24. The zero-order valence-corrected chi connectivity index (χ0v) is 17.1. The second kappa shape index (κ2) is 10.2. The molecule has 148 valence electrons. The van der Waals surface area contributed by atoms with E-state index in [-0.39, 0.29) is 41.8 Å². The zero-order valence-electron chi connectivity index (χ0n) is 14.8. The minimum atomic E-state index is -4.72. The first-order valence-corrected chi connectivity index (χ1v) is 7.89. The molecular weight excluding hydrogens is 474 g/mol. The molecule has 0 aliphatic heterocycles. The number of benzene rings is 2. The lowest BCUT2D eigenvalue weighted by molar-refractivity contribution is -0.274. The Labute approximate surface area is 172 Å². The molecule has 0 aliphatic carbocycles. The number of guanidine groups is 1.